The molecule has 0 amide bonds. The molecule has 0 aromatic rings. The normalized spacial score (nSPS) is 11.4. The maximum Gasteiger partial charge on any atom is 0.155 e. The molecule has 0 saturated carbocycles. The highest BCUT2D eigenvalue weighted by Crippen LogP contribution is 2.15. The van der Waals surface area contributed by atoms with Crippen LogP contribution in [-0.2, 0) is 4.79 Å². The topological polar surface area (TPSA) is 17.1 Å². The molecule has 0 aliphatic heterocycles. The molecule has 0 N–H and O–H groups in total. The molecule has 1 nitrogen and oxygen atoms in total. The second kappa shape index (κ2) is 5.30. The van der Waals surface area contributed by atoms with Crippen molar-refractivity contribution < 1.29 is 4.79 Å². The van der Waals surface area contributed by atoms with Crippen molar-refractivity contribution in [1.82, 2.24) is 0 Å². The quantitative estimate of drug-likeness (QED) is 0.661. The molecule has 0 aliphatic rings. The maximum absolute atomic E-state index is 10.7. The van der Waals surface area contributed by atoms with Crippen LogP contribution in [0.25, 0.3) is 0 Å². The van der Waals surface area contributed by atoms with Gasteiger partial charge in [-0.3, -0.25) is 4.79 Å². The van der Waals surface area contributed by atoms with Crippen molar-refractivity contribution in [2.24, 2.45) is 0 Å². The van der Waals surface area contributed by atoms with Crippen molar-refractivity contribution in [1.29, 1.82) is 0 Å². The first-order valence-corrected chi connectivity index (χ1v) is 4.36. The van der Waals surface area contributed by atoms with Crippen LogP contribution >= 0.6 is 15.9 Å². The first kappa shape index (κ1) is 10.6. The summed E-state index contributed by atoms with van der Waals surface area (Å²) in [5.41, 5.74) is 0.698. The van der Waals surface area contributed by atoms with Crippen molar-refractivity contribution in [3.63, 3.8) is 0 Å². The average molecular weight is 217 g/mol. The zero-order valence-electron chi connectivity index (χ0n) is 6.98. The second-order valence-electron chi connectivity index (χ2n) is 2.40. The first-order chi connectivity index (χ1) is 5.07. The molecule has 62 valence electrons. The van der Waals surface area contributed by atoms with E-state index in [0.717, 1.165) is 17.3 Å². The molecular formula is C9H13BrO. The highest BCUT2D eigenvalue weighted by atomic mass is 79.9. The van der Waals surface area contributed by atoms with Crippen molar-refractivity contribution in [3.05, 3.63) is 22.7 Å². The van der Waals surface area contributed by atoms with Crippen LogP contribution in [0.1, 0.15) is 26.7 Å². The fourth-order valence-corrected chi connectivity index (χ4v) is 0.789. The number of carbonyl (C=O) groups is 1. The van der Waals surface area contributed by atoms with Gasteiger partial charge in [0.15, 0.2) is 5.78 Å². The molecule has 0 unspecified atom stereocenters. The molecule has 11 heavy (non-hydrogen) atoms. The highest BCUT2D eigenvalue weighted by Gasteiger charge is 2.00. The Labute approximate surface area is 76.3 Å². The van der Waals surface area contributed by atoms with Crippen molar-refractivity contribution in [2.75, 3.05) is 0 Å². The number of allylic oxidation sites excluding steroid dienone is 3. The smallest absolute Gasteiger partial charge is 0.155 e. The van der Waals surface area contributed by atoms with Gasteiger partial charge in [-0.25, -0.2) is 0 Å². The second-order valence-corrected chi connectivity index (χ2v) is 3.41. The van der Waals surface area contributed by atoms with Crippen LogP contribution in [0, 0.1) is 0 Å². The zero-order chi connectivity index (χ0) is 8.85. The van der Waals surface area contributed by atoms with Crippen LogP contribution in [0.5, 0.6) is 0 Å². The Hall–Kier alpha value is -0.370. The van der Waals surface area contributed by atoms with Gasteiger partial charge in [0.2, 0.25) is 0 Å². The highest BCUT2D eigenvalue weighted by molar-refractivity contribution is 9.11. The molecule has 0 atom stereocenters. The van der Waals surface area contributed by atoms with Gasteiger partial charge >= 0.3 is 0 Å². The van der Waals surface area contributed by atoms with E-state index in [9.17, 15) is 4.79 Å². The minimum absolute atomic E-state index is 0.0846. The summed E-state index contributed by atoms with van der Waals surface area (Å²) in [5.74, 6) is 0.0846. The number of Topliss-reactive ketones (excluding diaryl/α,β-unsaturated/α-hetero) is 1. The van der Waals surface area contributed by atoms with E-state index in [-0.39, 0.29) is 5.78 Å². The van der Waals surface area contributed by atoms with Crippen molar-refractivity contribution in [3.8, 4) is 0 Å². The molecule has 0 heterocycles. The molecule has 2 heteroatoms. The van der Waals surface area contributed by atoms with Crippen LogP contribution in [0.15, 0.2) is 22.7 Å². The van der Waals surface area contributed by atoms with Gasteiger partial charge in [-0.15, -0.1) is 0 Å². The van der Waals surface area contributed by atoms with Gasteiger partial charge in [-0.1, -0.05) is 28.6 Å². The zero-order valence-corrected chi connectivity index (χ0v) is 8.57. The third kappa shape index (κ3) is 4.96. The van der Waals surface area contributed by atoms with E-state index in [1.54, 1.807) is 6.92 Å². The Bertz CT molecular complexity index is 192. The maximum atomic E-state index is 10.7. The summed E-state index contributed by atoms with van der Waals surface area (Å²) in [4.78, 5) is 10.7. The lowest BCUT2D eigenvalue weighted by Gasteiger charge is -1.99. The Balaban J connectivity index is 3.72. The Morgan fingerprint density at radius 2 is 2.09 bits per heavy atom. The number of halogens is 1. The summed E-state index contributed by atoms with van der Waals surface area (Å²) >= 11 is 3.36. The number of ketones is 1. The van der Waals surface area contributed by atoms with E-state index < -0.39 is 0 Å². The summed E-state index contributed by atoms with van der Waals surface area (Å²) in [6.07, 6.45) is 3.60. The van der Waals surface area contributed by atoms with E-state index in [0.29, 0.717) is 5.57 Å². The molecule has 0 fully saturated rings. The van der Waals surface area contributed by atoms with Crippen LogP contribution in [0.2, 0.25) is 0 Å². The Kier molecular flexibility index (Phi) is 5.12. The lowest BCUT2D eigenvalue weighted by atomic mass is 10.1. The van der Waals surface area contributed by atoms with E-state index in [2.05, 4.69) is 22.5 Å². The molecule has 0 bridgehead atoms. The molecular weight excluding hydrogens is 204 g/mol. The molecule has 0 spiro atoms. The molecule has 0 saturated heterocycles. The molecule has 0 aromatic heterocycles. The van der Waals surface area contributed by atoms with Gasteiger partial charge in [-0.2, -0.15) is 0 Å². The fraction of sp³-hybridized carbons (Fsp3) is 0.444. The number of carbonyl (C=O) groups excluding carboxylic acids is 1. The van der Waals surface area contributed by atoms with Crippen molar-refractivity contribution in [2.45, 2.75) is 26.7 Å². The third-order valence-corrected chi connectivity index (χ3v) is 2.33. The molecule has 0 rings (SSSR count). The first-order valence-electron chi connectivity index (χ1n) is 3.57. The predicted molar refractivity (Wildman–Crippen MR) is 51.7 cm³/mol. The van der Waals surface area contributed by atoms with Gasteiger partial charge in [0, 0.05) is 0 Å². The van der Waals surface area contributed by atoms with E-state index in [1.165, 1.54) is 0 Å². The third-order valence-electron chi connectivity index (χ3n) is 1.48. The minimum Gasteiger partial charge on any atom is -0.295 e. The van der Waals surface area contributed by atoms with Gasteiger partial charge < -0.3 is 0 Å². The fourth-order valence-electron chi connectivity index (χ4n) is 0.591. The van der Waals surface area contributed by atoms with E-state index in [1.807, 2.05) is 13.0 Å². The Morgan fingerprint density at radius 1 is 1.55 bits per heavy atom. The summed E-state index contributed by atoms with van der Waals surface area (Å²) < 4.78 is 1.12. The van der Waals surface area contributed by atoms with E-state index in [4.69, 9.17) is 0 Å². The monoisotopic (exact) mass is 216 g/mol. The van der Waals surface area contributed by atoms with Crippen LogP contribution in [0.4, 0.5) is 0 Å². The summed E-state index contributed by atoms with van der Waals surface area (Å²) in [7, 11) is 0. The van der Waals surface area contributed by atoms with Gasteiger partial charge in [0.1, 0.15) is 0 Å². The standard InChI is InChI=1S/C9H13BrO/c1-4-9(10)6-5-7(2)8(3)11/h4H,2,5-6H2,1,3H3/b9-4+. The van der Waals surface area contributed by atoms with E-state index >= 15 is 0 Å². The number of rotatable bonds is 4. The van der Waals surface area contributed by atoms with Crippen LogP contribution in [0.3, 0.4) is 0 Å². The van der Waals surface area contributed by atoms with Crippen LogP contribution < -0.4 is 0 Å². The molecule has 0 radical (unpaired) electrons. The largest absolute Gasteiger partial charge is 0.295 e. The SMILES string of the molecule is C=C(CC/C(Br)=C\C)C(C)=O. The van der Waals surface area contributed by atoms with Crippen LogP contribution in [-0.4, -0.2) is 5.78 Å². The van der Waals surface area contributed by atoms with Crippen molar-refractivity contribution >= 4 is 21.7 Å². The number of hydrogen-bond donors (Lipinski definition) is 0. The lowest BCUT2D eigenvalue weighted by molar-refractivity contribution is -0.113. The van der Waals surface area contributed by atoms with Gasteiger partial charge in [-0.05, 0) is 36.7 Å². The molecule has 0 aromatic carbocycles. The lowest BCUT2D eigenvalue weighted by Crippen LogP contribution is -1.94. The van der Waals surface area contributed by atoms with Gasteiger partial charge in [0.25, 0.3) is 0 Å². The Morgan fingerprint density at radius 3 is 2.45 bits per heavy atom. The summed E-state index contributed by atoms with van der Waals surface area (Å²) in [5, 5.41) is 0. The average Bonchev–Trinajstić information content (AvgIpc) is 1.99. The number of hydrogen-bond acceptors (Lipinski definition) is 1. The predicted octanol–water partition coefficient (Wildman–Crippen LogP) is 3.21. The summed E-state index contributed by atoms with van der Waals surface area (Å²) in [6, 6.07) is 0. The minimum atomic E-state index is 0.0846. The van der Waals surface area contributed by atoms with Gasteiger partial charge in [0.05, 0.1) is 0 Å². The summed E-state index contributed by atoms with van der Waals surface area (Å²) in [6.45, 7) is 7.17. The molecule has 0 aliphatic carbocycles.